The molecule has 0 aliphatic rings. The molecule has 0 spiro atoms. The summed E-state index contributed by atoms with van der Waals surface area (Å²) in [5.41, 5.74) is 6.24. The number of nitrogens with zero attached hydrogens (tertiary/aromatic N) is 3. The molecule has 19 heavy (non-hydrogen) atoms. The number of aromatic nitrogens is 1. The van der Waals surface area contributed by atoms with E-state index in [1.807, 2.05) is 24.1 Å². The Kier molecular flexibility index (Phi) is 4.24. The maximum atomic E-state index is 8.79. The quantitative estimate of drug-likeness (QED) is 0.393. The SMILES string of the molecule is CN(Cc1ccc(Cl)s1)c1ncccc1/C(N)=N/O. The van der Waals surface area contributed by atoms with E-state index in [4.69, 9.17) is 22.5 Å². The Balaban J connectivity index is 2.26. The van der Waals surface area contributed by atoms with E-state index in [0.29, 0.717) is 17.9 Å². The highest BCUT2D eigenvalue weighted by Gasteiger charge is 2.13. The average Bonchev–Trinajstić information content (AvgIpc) is 2.83. The van der Waals surface area contributed by atoms with Crippen molar-refractivity contribution in [1.29, 1.82) is 0 Å². The van der Waals surface area contributed by atoms with Gasteiger partial charge in [-0.2, -0.15) is 0 Å². The lowest BCUT2D eigenvalue weighted by atomic mass is 10.2. The molecular formula is C12H13ClN4OS. The van der Waals surface area contributed by atoms with Crippen LogP contribution in [-0.2, 0) is 6.54 Å². The Morgan fingerprint density at radius 1 is 1.53 bits per heavy atom. The van der Waals surface area contributed by atoms with Gasteiger partial charge in [-0.15, -0.1) is 11.3 Å². The Bertz CT molecular complexity index is 599. The summed E-state index contributed by atoms with van der Waals surface area (Å²) >= 11 is 7.42. The maximum Gasteiger partial charge on any atom is 0.173 e. The fraction of sp³-hybridized carbons (Fsp3) is 0.167. The standard InChI is InChI=1S/C12H13ClN4OS/c1-17(7-8-4-5-10(13)19-8)12-9(11(14)16-18)3-2-6-15-12/h2-6,18H,7H2,1H3,(H2,14,16). The number of anilines is 1. The lowest BCUT2D eigenvalue weighted by molar-refractivity contribution is 0.318. The number of oxime groups is 1. The van der Waals surface area contributed by atoms with Crippen molar-refractivity contribution >= 4 is 34.6 Å². The van der Waals surface area contributed by atoms with Crippen LogP contribution in [0.1, 0.15) is 10.4 Å². The normalized spacial score (nSPS) is 11.6. The molecule has 0 unspecified atom stereocenters. The Labute approximate surface area is 119 Å². The van der Waals surface area contributed by atoms with Crippen molar-refractivity contribution in [3.8, 4) is 0 Å². The molecule has 0 saturated heterocycles. The molecule has 2 aromatic heterocycles. The highest BCUT2D eigenvalue weighted by Crippen LogP contribution is 2.24. The first-order valence-electron chi connectivity index (χ1n) is 5.50. The van der Waals surface area contributed by atoms with Gasteiger partial charge in [-0.25, -0.2) is 4.98 Å². The zero-order chi connectivity index (χ0) is 13.8. The van der Waals surface area contributed by atoms with Crippen LogP contribution in [0.4, 0.5) is 5.82 Å². The maximum absolute atomic E-state index is 8.79. The van der Waals surface area contributed by atoms with Crippen molar-refractivity contribution < 1.29 is 5.21 Å². The molecular weight excluding hydrogens is 284 g/mol. The molecule has 2 aromatic rings. The zero-order valence-corrected chi connectivity index (χ0v) is 11.8. The van der Waals surface area contributed by atoms with Gasteiger partial charge in [0.25, 0.3) is 0 Å². The number of thiophene rings is 1. The molecule has 0 radical (unpaired) electrons. The number of halogens is 1. The van der Waals surface area contributed by atoms with Gasteiger partial charge >= 0.3 is 0 Å². The first kappa shape index (κ1) is 13.6. The third-order valence-corrected chi connectivity index (χ3v) is 3.77. The molecule has 5 nitrogen and oxygen atoms in total. The third kappa shape index (κ3) is 3.15. The van der Waals surface area contributed by atoms with Gasteiger partial charge in [0.2, 0.25) is 0 Å². The van der Waals surface area contributed by atoms with Crippen LogP contribution in [0.25, 0.3) is 0 Å². The first-order valence-corrected chi connectivity index (χ1v) is 6.69. The van der Waals surface area contributed by atoms with Crippen molar-refractivity contribution in [2.75, 3.05) is 11.9 Å². The van der Waals surface area contributed by atoms with Crippen LogP contribution < -0.4 is 10.6 Å². The van der Waals surface area contributed by atoms with Crippen LogP contribution in [0.3, 0.4) is 0 Å². The van der Waals surface area contributed by atoms with Gasteiger partial charge in [0, 0.05) is 18.1 Å². The molecule has 0 bridgehead atoms. The second kappa shape index (κ2) is 5.90. The van der Waals surface area contributed by atoms with Crippen molar-refractivity contribution in [3.05, 3.63) is 45.2 Å². The summed E-state index contributed by atoms with van der Waals surface area (Å²) in [5.74, 6) is 0.696. The summed E-state index contributed by atoms with van der Waals surface area (Å²) < 4.78 is 0.751. The highest BCUT2D eigenvalue weighted by molar-refractivity contribution is 7.16. The topological polar surface area (TPSA) is 74.7 Å². The van der Waals surface area contributed by atoms with Gasteiger partial charge in [0.15, 0.2) is 5.84 Å². The van der Waals surface area contributed by atoms with E-state index in [-0.39, 0.29) is 5.84 Å². The van der Waals surface area contributed by atoms with E-state index in [0.717, 1.165) is 9.21 Å². The molecule has 2 heterocycles. The first-order chi connectivity index (χ1) is 9.11. The average molecular weight is 297 g/mol. The van der Waals surface area contributed by atoms with Crippen LogP contribution in [-0.4, -0.2) is 23.1 Å². The summed E-state index contributed by atoms with van der Waals surface area (Å²) in [7, 11) is 1.89. The van der Waals surface area contributed by atoms with E-state index in [1.54, 1.807) is 18.3 Å². The van der Waals surface area contributed by atoms with Gasteiger partial charge in [0.1, 0.15) is 5.82 Å². The molecule has 0 aliphatic carbocycles. The third-order valence-electron chi connectivity index (χ3n) is 2.55. The predicted octanol–water partition coefficient (Wildman–Crippen LogP) is 2.53. The molecule has 0 aromatic carbocycles. The smallest absolute Gasteiger partial charge is 0.173 e. The molecule has 2 rings (SSSR count). The predicted molar refractivity (Wildman–Crippen MR) is 78.2 cm³/mol. The van der Waals surface area contributed by atoms with E-state index >= 15 is 0 Å². The van der Waals surface area contributed by atoms with Crippen LogP contribution in [0.5, 0.6) is 0 Å². The molecule has 3 N–H and O–H groups in total. The second-order valence-corrected chi connectivity index (χ2v) is 5.72. The lowest BCUT2D eigenvalue weighted by Crippen LogP contribution is -2.23. The lowest BCUT2D eigenvalue weighted by Gasteiger charge is -2.19. The molecule has 0 amide bonds. The Morgan fingerprint density at radius 3 is 2.95 bits per heavy atom. The van der Waals surface area contributed by atoms with Crippen LogP contribution in [0.2, 0.25) is 4.34 Å². The summed E-state index contributed by atoms with van der Waals surface area (Å²) in [6.45, 7) is 0.653. The second-order valence-electron chi connectivity index (χ2n) is 3.92. The Morgan fingerprint density at radius 2 is 2.32 bits per heavy atom. The monoisotopic (exact) mass is 296 g/mol. The number of hydrogen-bond donors (Lipinski definition) is 2. The zero-order valence-electron chi connectivity index (χ0n) is 10.2. The van der Waals surface area contributed by atoms with E-state index in [9.17, 15) is 0 Å². The summed E-state index contributed by atoms with van der Waals surface area (Å²) in [6.07, 6.45) is 1.67. The summed E-state index contributed by atoms with van der Waals surface area (Å²) in [5, 5.41) is 11.8. The molecule has 0 atom stereocenters. The van der Waals surface area contributed by atoms with Gasteiger partial charge in [-0.05, 0) is 24.3 Å². The summed E-state index contributed by atoms with van der Waals surface area (Å²) in [4.78, 5) is 7.32. The highest BCUT2D eigenvalue weighted by atomic mass is 35.5. The number of nitrogens with two attached hydrogens (primary N) is 1. The van der Waals surface area contributed by atoms with Crippen LogP contribution in [0.15, 0.2) is 35.6 Å². The van der Waals surface area contributed by atoms with Crippen molar-refractivity contribution in [2.45, 2.75) is 6.54 Å². The molecule has 0 aliphatic heterocycles. The van der Waals surface area contributed by atoms with Gasteiger partial charge in [-0.1, -0.05) is 16.8 Å². The number of pyridine rings is 1. The van der Waals surface area contributed by atoms with Crippen molar-refractivity contribution in [3.63, 3.8) is 0 Å². The largest absolute Gasteiger partial charge is 0.409 e. The fourth-order valence-corrected chi connectivity index (χ4v) is 2.84. The molecule has 0 saturated carbocycles. The minimum Gasteiger partial charge on any atom is -0.409 e. The minimum atomic E-state index is 0.0409. The van der Waals surface area contributed by atoms with E-state index < -0.39 is 0 Å². The number of amidine groups is 1. The molecule has 7 heteroatoms. The molecule has 100 valence electrons. The Hall–Kier alpha value is -1.79. The van der Waals surface area contributed by atoms with E-state index in [1.165, 1.54) is 11.3 Å². The minimum absolute atomic E-state index is 0.0409. The van der Waals surface area contributed by atoms with Gasteiger partial charge in [-0.3, -0.25) is 0 Å². The van der Waals surface area contributed by atoms with Crippen LogP contribution >= 0.6 is 22.9 Å². The van der Waals surface area contributed by atoms with Gasteiger partial charge < -0.3 is 15.8 Å². The van der Waals surface area contributed by atoms with Gasteiger partial charge in [0.05, 0.1) is 16.4 Å². The van der Waals surface area contributed by atoms with E-state index in [2.05, 4.69) is 10.1 Å². The molecule has 0 fully saturated rings. The van der Waals surface area contributed by atoms with Crippen molar-refractivity contribution in [2.24, 2.45) is 10.9 Å². The van der Waals surface area contributed by atoms with Crippen LogP contribution in [0, 0.1) is 0 Å². The van der Waals surface area contributed by atoms with Crippen molar-refractivity contribution in [1.82, 2.24) is 4.98 Å². The summed E-state index contributed by atoms with van der Waals surface area (Å²) in [6, 6.07) is 7.33. The fourth-order valence-electron chi connectivity index (χ4n) is 1.70. The number of hydrogen-bond acceptors (Lipinski definition) is 5. The number of rotatable bonds is 4.